The third kappa shape index (κ3) is 4.66. The number of carbonyl (C=O) groups is 1. The van der Waals surface area contributed by atoms with E-state index in [2.05, 4.69) is 0 Å². The molecule has 4 aromatic rings. The Kier molecular flexibility index (Phi) is 6.54. The van der Waals surface area contributed by atoms with Crippen LogP contribution in [-0.2, 0) is 9.53 Å². The summed E-state index contributed by atoms with van der Waals surface area (Å²) in [5.41, 5.74) is 1.66. The number of fused-ring (bicyclic) bond motifs is 1. The standard InChI is InChI=1S/C26H25N3O3S2/c1-17-14-28(15-18(2)32-17)23(30)16-33-26-27-24-21(13-22(34-24)19-9-5-3-6-10-19)25(31)29(26)20-11-7-4-8-12-20/h3-13,17-18H,14-16H2,1-2H3. The van der Waals surface area contributed by atoms with Gasteiger partial charge in [0.15, 0.2) is 5.16 Å². The average molecular weight is 492 g/mol. The molecule has 2 unspecified atom stereocenters. The molecule has 34 heavy (non-hydrogen) atoms. The van der Waals surface area contributed by atoms with Crippen molar-refractivity contribution in [3.05, 3.63) is 77.1 Å². The Morgan fingerprint density at radius 3 is 2.38 bits per heavy atom. The van der Waals surface area contributed by atoms with Gasteiger partial charge in [-0.2, -0.15) is 0 Å². The number of carbonyl (C=O) groups excluding carboxylic acids is 1. The van der Waals surface area contributed by atoms with Gasteiger partial charge in [-0.1, -0.05) is 60.3 Å². The SMILES string of the molecule is CC1CN(C(=O)CSc2nc3sc(-c4ccccc4)cc3c(=O)n2-c2ccccc2)CC(C)O1. The van der Waals surface area contributed by atoms with Crippen molar-refractivity contribution in [2.75, 3.05) is 18.8 Å². The van der Waals surface area contributed by atoms with Gasteiger partial charge >= 0.3 is 0 Å². The van der Waals surface area contributed by atoms with Crippen LogP contribution in [-0.4, -0.2) is 51.4 Å². The van der Waals surface area contributed by atoms with Crippen LogP contribution in [0.15, 0.2) is 76.7 Å². The number of para-hydroxylation sites is 1. The maximum absolute atomic E-state index is 13.6. The molecule has 0 saturated carbocycles. The molecule has 1 amide bonds. The Hall–Kier alpha value is -2.94. The van der Waals surface area contributed by atoms with Crippen LogP contribution in [0, 0.1) is 0 Å². The number of hydrogen-bond acceptors (Lipinski definition) is 6. The second kappa shape index (κ2) is 9.74. The molecule has 3 heterocycles. The van der Waals surface area contributed by atoms with Crippen molar-refractivity contribution in [2.24, 2.45) is 0 Å². The van der Waals surface area contributed by atoms with Gasteiger partial charge in [-0.15, -0.1) is 11.3 Å². The quantitative estimate of drug-likeness (QED) is 0.295. The zero-order valence-electron chi connectivity index (χ0n) is 19.0. The Bertz CT molecular complexity index is 1360. The summed E-state index contributed by atoms with van der Waals surface area (Å²) in [7, 11) is 0. The third-order valence-corrected chi connectivity index (χ3v) is 7.71. The van der Waals surface area contributed by atoms with Crippen LogP contribution >= 0.6 is 23.1 Å². The Morgan fingerprint density at radius 1 is 1.06 bits per heavy atom. The van der Waals surface area contributed by atoms with Gasteiger partial charge in [-0.25, -0.2) is 4.98 Å². The monoisotopic (exact) mass is 491 g/mol. The van der Waals surface area contributed by atoms with Crippen molar-refractivity contribution in [1.29, 1.82) is 0 Å². The lowest BCUT2D eigenvalue weighted by Crippen LogP contribution is -2.48. The van der Waals surface area contributed by atoms with Crippen molar-refractivity contribution >= 4 is 39.2 Å². The van der Waals surface area contributed by atoms with Gasteiger partial charge in [0.25, 0.3) is 5.56 Å². The number of benzene rings is 2. The maximum atomic E-state index is 13.6. The minimum atomic E-state index is -0.127. The van der Waals surface area contributed by atoms with Gasteiger partial charge in [0, 0.05) is 18.0 Å². The van der Waals surface area contributed by atoms with Gasteiger partial charge in [-0.05, 0) is 37.6 Å². The van der Waals surface area contributed by atoms with Crippen molar-refractivity contribution < 1.29 is 9.53 Å². The summed E-state index contributed by atoms with van der Waals surface area (Å²) in [5.74, 6) is 0.235. The van der Waals surface area contributed by atoms with E-state index in [1.54, 1.807) is 4.57 Å². The van der Waals surface area contributed by atoms with Crippen molar-refractivity contribution in [2.45, 2.75) is 31.2 Å². The van der Waals surface area contributed by atoms with E-state index in [9.17, 15) is 9.59 Å². The molecular weight excluding hydrogens is 466 g/mol. The molecule has 5 rings (SSSR count). The van der Waals surface area contributed by atoms with E-state index < -0.39 is 0 Å². The number of amides is 1. The van der Waals surface area contributed by atoms with Crippen LogP contribution in [0.2, 0.25) is 0 Å². The number of morpholine rings is 1. The molecule has 1 aliphatic rings. The first-order valence-electron chi connectivity index (χ1n) is 11.2. The van der Waals surface area contributed by atoms with E-state index >= 15 is 0 Å². The highest BCUT2D eigenvalue weighted by Crippen LogP contribution is 2.33. The Labute approximate surface area is 206 Å². The summed E-state index contributed by atoms with van der Waals surface area (Å²) in [6.07, 6.45) is 0.0226. The maximum Gasteiger partial charge on any atom is 0.267 e. The molecule has 2 aromatic carbocycles. The highest BCUT2D eigenvalue weighted by molar-refractivity contribution is 7.99. The molecule has 2 atom stereocenters. The second-order valence-corrected chi connectivity index (χ2v) is 10.4. The van der Waals surface area contributed by atoms with Crippen molar-refractivity contribution in [1.82, 2.24) is 14.5 Å². The lowest BCUT2D eigenvalue weighted by molar-refractivity contribution is -0.140. The minimum Gasteiger partial charge on any atom is -0.372 e. The van der Waals surface area contributed by atoms with E-state index in [4.69, 9.17) is 9.72 Å². The van der Waals surface area contributed by atoms with Crippen LogP contribution in [0.4, 0.5) is 0 Å². The first kappa shape index (κ1) is 22.8. The first-order chi connectivity index (χ1) is 16.5. The van der Waals surface area contributed by atoms with Gasteiger partial charge in [0.1, 0.15) is 4.83 Å². The lowest BCUT2D eigenvalue weighted by Gasteiger charge is -2.35. The number of rotatable bonds is 5. The lowest BCUT2D eigenvalue weighted by atomic mass is 10.2. The Balaban J connectivity index is 1.52. The third-order valence-electron chi connectivity index (χ3n) is 5.70. The van der Waals surface area contributed by atoms with E-state index in [0.717, 1.165) is 16.1 Å². The largest absolute Gasteiger partial charge is 0.372 e. The zero-order chi connectivity index (χ0) is 23.7. The van der Waals surface area contributed by atoms with E-state index in [-0.39, 0.29) is 29.4 Å². The van der Waals surface area contributed by atoms with Gasteiger partial charge in [-0.3, -0.25) is 14.2 Å². The summed E-state index contributed by atoms with van der Waals surface area (Å²) in [4.78, 5) is 35.0. The highest BCUT2D eigenvalue weighted by Gasteiger charge is 2.26. The van der Waals surface area contributed by atoms with Crippen molar-refractivity contribution in [3.8, 4) is 16.1 Å². The number of ether oxygens (including phenoxy) is 1. The number of hydrogen-bond donors (Lipinski definition) is 0. The van der Waals surface area contributed by atoms with E-state index in [1.807, 2.05) is 85.5 Å². The summed E-state index contributed by atoms with van der Waals surface area (Å²) < 4.78 is 7.37. The first-order valence-corrected chi connectivity index (χ1v) is 13.0. The fourth-order valence-corrected chi connectivity index (χ4v) is 6.20. The molecule has 174 valence electrons. The molecular formula is C26H25N3O3S2. The molecule has 1 aliphatic heterocycles. The van der Waals surface area contributed by atoms with E-state index in [0.29, 0.717) is 28.5 Å². The van der Waals surface area contributed by atoms with Crippen LogP contribution in [0.1, 0.15) is 13.8 Å². The van der Waals surface area contributed by atoms with Gasteiger partial charge in [0.05, 0.1) is 29.0 Å². The predicted octanol–water partition coefficient (Wildman–Crippen LogP) is 4.84. The molecule has 0 radical (unpaired) electrons. The summed E-state index contributed by atoms with van der Waals surface area (Å²) in [5, 5.41) is 1.10. The summed E-state index contributed by atoms with van der Waals surface area (Å²) >= 11 is 2.80. The molecule has 0 N–H and O–H groups in total. The normalized spacial score (nSPS) is 18.4. The molecule has 1 fully saturated rings. The molecule has 8 heteroatoms. The number of aromatic nitrogens is 2. The minimum absolute atomic E-state index is 0.0113. The molecule has 2 aromatic heterocycles. The van der Waals surface area contributed by atoms with Crippen LogP contribution in [0.5, 0.6) is 0 Å². The average Bonchev–Trinajstić information content (AvgIpc) is 3.28. The van der Waals surface area contributed by atoms with Crippen LogP contribution in [0.3, 0.4) is 0 Å². The molecule has 1 saturated heterocycles. The highest BCUT2D eigenvalue weighted by atomic mass is 32.2. The van der Waals surface area contributed by atoms with E-state index in [1.165, 1.54) is 23.1 Å². The number of thiophene rings is 1. The zero-order valence-corrected chi connectivity index (χ0v) is 20.6. The van der Waals surface area contributed by atoms with Crippen LogP contribution < -0.4 is 5.56 Å². The molecule has 0 aliphatic carbocycles. The smallest absolute Gasteiger partial charge is 0.267 e. The number of thioether (sulfide) groups is 1. The van der Waals surface area contributed by atoms with Crippen molar-refractivity contribution in [3.63, 3.8) is 0 Å². The topological polar surface area (TPSA) is 64.4 Å². The summed E-state index contributed by atoms with van der Waals surface area (Å²) in [6.45, 7) is 5.11. The fourth-order valence-electron chi connectivity index (χ4n) is 4.21. The van der Waals surface area contributed by atoms with Gasteiger partial charge in [0.2, 0.25) is 5.91 Å². The number of nitrogens with zero attached hydrogens (tertiary/aromatic N) is 3. The van der Waals surface area contributed by atoms with Crippen LogP contribution in [0.25, 0.3) is 26.3 Å². The molecule has 0 bridgehead atoms. The molecule has 0 spiro atoms. The second-order valence-electron chi connectivity index (χ2n) is 8.41. The van der Waals surface area contributed by atoms with Gasteiger partial charge < -0.3 is 9.64 Å². The Morgan fingerprint density at radius 2 is 1.71 bits per heavy atom. The predicted molar refractivity (Wildman–Crippen MR) is 138 cm³/mol. The fraction of sp³-hybridized carbons (Fsp3) is 0.269. The summed E-state index contributed by atoms with van der Waals surface area (Å²) in [6, 6.07) is 21.4. The molecule has 6 nitrogen and oxygen atoms in total.